The summed E-state index contributed by atoms with van der Waals surface area (Å²) < 4.78 is 0. The van der Waals surface area contributed by atoms with Crippen LogP contribution in [0.4, 0.5) is 0 Å². The summed E-state index contributed by atoms with van der Waals surface area (Å²) in [6.07, 6.45) is 0. The second-order valence-corrected chi connectivity index (χ2v) is 17.3. The summed E-state index contributed by atoms with van der Waals surface area (Å²) in [5, 5.41) is 9.72. The third-order valence-corrected chi connectivity index (χ3v) is 14.1. The topological polar surface area (TPSA) is 38.7 Å². The van der Waals surface area contributed by atoms with E-state index in [-0.39, 0.29) is 0 Å². The van der Waals surface area contributed by atoms with Gasteiger partial charge in [0.1, 0.15) is 0 Å². The molecule has 1 spiro atoms. The zero-order valence-electron chi connectivity index (χ0n) is 35.2. The van der Waals surface area contributed by atoms with Crippen LogP contribution in [0.5, 0.6) is 0 Å². The van der Waals surface area contributed by atoms with Crippen LogP contribution < -0.4 is 0 Å². The standard InChI is InChI=1S/C62H37N3/c1-3-20-38(21-4-1)59-63-60(39-22-5-2-6-23-39)65-61(64-59)57-46-30-13-9-25-41(46)40-24-7-11-28-44(40)55(57)50-34-19-37-53-54(50)48-32-15-17-35-51(48)62(53)52-36-18-16-33-49(52)56-45-29-12-8-26-42(45)43-27-10-14-31-47(43)58(56)62/h1-37H. The van der Waals surface area contributed by atoms with Gasteiger partial charge >= 0.3 is 0 Å². The zero-order chi connectivity index (χ0) is 42.6. The number of hydrogen-bond acceptors (Lipinski definition) is 3. The van der Waals surface area contributed by atoms with Crippen LogP contribution in [-0.2, 0) is 5.41 Å². The molecule has 12 aromatic rings. The van der Waals surface area contributed by atoms with Crippen LogP contribution >= 0.6 is 0 Å². The van der Waals surface area contributed by atoms with Gasteiger partial charge in [0, 0.05) is 22.3 Å². The highest BCUT2D eigenvalue weighted by atomic mass is 15.0. The minimum Gasteiger partial charge on any atom is -0.208 e. The lowest BCUT2D eigenvalue weighted by Gasteiger charge is -2.32. The average Bonchev–Trinajstić information content (AvgIpc) is 3.87. The molecule has 11 aromatic carbocycles. The molecule has 0 fully saturated rings. The molecule has 3 heteroatoms. The first-order chi connectivity index (χ1) is 32.3. The second-order valence-electron chi connectivity index (χ2n) is 17.3. The molecular weight excluding hydrogens is 787 g/mol. The van der Waals surface area contributed by atoms with Crippen molar-refractivity contribution in [3.63, 3.8) is 0 Å². The Morgan fingerprint density at radius 2 is 0.600 bits per heavy atom. The van der Waals surface area contributed by atoms with Gasteiger partial charge < -0.3 is 0 Å². The van der Waals surface area contributed by atoms with E-state index in [2.05, 4.69) is 188 Å². The van der Waals surface area contributed by atoms with Gasteiger partial charge in [-0.05, 0) is 93.2 Å². The fourth-order valence-corrected chi connectivity index (χ4v) is 11.6. The Hall–Kier alpha value is -8.53. The van der Waals surface area contributed by atoms with E-state index in [9.17, 15) is 0 Å². The molecule has 0 bridgehead atoms. The molecule has 1 aromatic heterocycles. The fourth-order valence-electron chi connectivity index (χ4n) is 11.6. The van der Waals surface area contributed by atoms with Gasteiger partial charge in [-0.15, -0.1) is 0 Å². The van der Waals surface area contributed by atoms with Crippen molar-refractivity contribution >= 4 is 43.1 Å². The van der Waals surface area contributed by atoms with Crippen molar-refractivity contribution in [2.45, 2.75) is 5.41 Å². The quantitative estimate of drug-likeness (QED) is 0.166. The molecule has 0 N–H and O–H groups in total. The first-order valence-corrected chi connectivity index (χ1v) is 22.4. The maximum absolute atomic E-state index is 5.45. The number of aromatic nitrogens is 3. The second kappa shape index (κ2) is 13.7. The summed E-state index contributed by atoms with van der Waals surface area (Å²) in [5.41, 5.74) is 14.9. The number of benzene rings is 11. The van der Waals surface area contributed by atoms with Crippen molar-refractivity contribution < 1.29 is 0 Å². The highest BCUT2D eigenvalue weighted by Crippen LogP contribution is 2.67. The molecule has 0 aliphatic heterocycles. The summed E-state index contributed by atoms with van der Waals surface area (Å²) in [4.78, 5) is 16.1. The highest BCUT2D eigenvalue weighted by Gasteiger charge is 2.53. The Morgan fingerprint density at radius 3 is 1.15 bits per heavy atom. The smallest absolute Gasteiger partial charge is 0.165 e. The SMILES string of the molecule is c1ccc(-c2nc(-c3ccccc3)nc(-c3c(-c4cccc5c4-c4ccccc4C54c5ccccc5-c5c4c4ccccc4c4ccccc54)c4ccccc4c4ccccc34)n2)cc1. The van der Waals surface area contributed by atoms with E-state index in [0.717, 1.165) is 44.0 Å². The largest absolute Gasteiger partial charge is 0.208 e. The molecular formula is C62H37N3. The highest BCUT2D eigenvalue weighted by molar-refractivity contribution is 6.24. The first-order valence-electron chi connectivity index (χ1n) is 22.4. The van der Waals surface area contributed by atoms with Crippen molar-refractivity contribution in [3.05, 3.63) is 247 Å². The molecule has 2 aliphatic carbocycles. The van der Waals surface area contributed by atoms with E-state index < -0.39 is 5.41 Å². The van der Waals surface area contributed by atoms with Gasteiger partial charge in [-0.3, -0.25) is 0 Å². The monoisotopic (exact) mass is 823 g/mol. The molecule has 300 valence electrons. The lowest BCUT2D eigenvalue weighted by atomic mass is 9.69. The minimum atomic E-state index is -0.585. The number of nitrogens with zero attached hydrogens (tertiary/aromatic N) is 3. The molecule has 1 atom stereocenters. The van der Waals surface area contributed by atoms with E-state index in [1.807, 2.05) is 36.4 Å². The third kappa shape index (κ3) is 4.92. The Balaban J connectivity index is 1.16. The van der Waals surface area contributed by atoms with Crippen molar-refractivity contribution in [3.8, 4) is 67.5 Å². The average molecular weight is 824 g/mol. The molecule has 0 saturated carbocycles. The van der Waals surface area contributed by atoms with Gasteiger partial charge in [0.05, 0.1) is 5.41 Å². The predicted molar refractivity (Wildman–Crippen MR) is 268 cm³/mol. The van der Waals surface area contributed by atoms with E-state index >= 15 is 0 Å². The van der Waals surface area contributed by atoms with Gasteiger partial charge in [0.2, 0.25) is 0 Å². The summed E-state index contributed by atoms with van der Waals surface area (Å²) >= 11 is 0. The maximum Gasteiger partial charge on any atom is 0.165 e. The van der Waals surface area contributed by atoms with Gasteiger partial charge in [-0.1, -0.05) is 224 Å². The Morgan fingerprint density at radius 1 is 0.231 bits per heavy atom. The van der Waals surface area contributed by atoms with E-state index in [0.29, 0.717) is 17.5 Å². The lowest BCUT2D eigenvalue weighted by molar-refractivity contribution is 0.802. The number of fused-ring (bicyclic) bond motifs is 18. The molecule has 3 nitrogen and oxygen atoms in total. The first kappa shape index (κ1) is 36.0. The third-order valence-electron chi connectivity index (χ3n) is 14.1. The molecule has 1 unspecified atom stereocenters. The summed E-state index contributed by atoms with van der Waals surface area (Å²) in [6, 6.07) is 81.6. The Labute approximate surface area is 376 Å². The van der Waals surface area contributed by atoms with Crippen LogP contribution in [0.3, 0.4) is 0 Å². The fraction of sp³-hybridized carbons (Fsp3) is 0.0161. The molecule has 1 heterocycles. The van der Waals surface area contributed by atoms with Crippen molar-refractivity contribution in [1.82, 2.24) is 15.0 Å². The Bertz CT molecular complexity index is 3890. The zero-order valence-corrected chi connectivity index (χ0v) is 35.2. The molecule has 0 amide bonds. The maximum atomic E-state index is 5.45. The van der Waals surface area contributed by atoms with E-state index in [1.54, 1.807) is 0 Å². The lowest BCUT2D eigenvalue weighted by Crippen LogP contribution is -2.26. The normalized spacial score (nSPS) is 14.5. The van der Waals surface area contributed by atoms with Gasteiger partial charge in [-0.2, -0.15) is 0 Å². The van der Waals surface area contributed by atoms with Crippen LogP contribution in [-0.4, -0.2) is 15.0 Å². The summed E-state index contributed by atoms with van der Waals surface area (Å²) in [5.74, 6) is 1.92. The van der Waals surface area contributed by atoms with Crippen LogP contribution in [0.1, 0.15) is 22.3 Å². The molecule has 0 saturated heterocycles. The molecule has 2 aliphatic rings. The van der Waals surface area contributed by atoms with Crippen molar-refractivity contribution in [2.24, 2.45) is 0 Å². The summed E-state index contributed by atoms with van der Waals surface area (Å²) in [7, 11) is 0. The number of rotatable bonds is 4. The Kier molecular flexibility index (Phi) is 7.61. The number of hydrogen-bond donors (Lipinski definition) is 0. The predicted octanol–water partition coefficient (Wildman–Crippen LogP) is 15.5. The van der Waals surface area contributed by atoms with Gasteiger partial charge in [0.15, 0.2) is 17.5 Å². The summed E-state index contributed by atoms with van der Waals surface area (Å²) in [6.45, 7) is 0. The van der Waals surface area contributed by atoms with E-state index in [1.165, 1.54) is 71.4 Å². The molecule has 0 radical (unpaired) electrons. The van der Waals surface area contributed by atoms with Crippen LogP contribution in [0.15, 0.2) is 224 Å². The minimum absolute atomic E-state index is 0.585. The van der Waals surface area contributed by atoms with Gasteiger partial charge in [-0.25, -0.2) is 15.0 Å². The van der Waals surface area contributed by atoms with Crippen molar-refractivity contribution in [1.29, 1.82) is 0 Å². The van der Waals surface area contributed by atoms with Crippen LogP contribution in [0.2, 0.25) is 0 Å². The van der Waals surface area contributed by atoms with Crippen LogP contribution in [0.25, 0.3) is 111 Å². The molecule has 65 heavy (non-hydrogen) atoms. The van der Waals surface area contributed by atoms with Crippen molar-refractivity contribution in [2.75, 3.05) is 0 Å². The molecule has 14 rings (SSSR count). The van der Waals surface area contributed by atoms with E-state index in [4.69, 9.17) is 15.0 Å². The van der Waals surface area contributed by atoms with Gasteiger partial charge in [0.25, 0.3) is 0 Å². The van der Waals surface area contributed by atoms with Crippen LogP contribution in [0, 0.1) is 0 Å².